The fraction of sp³-hybridized carbons (Fsp3) is 0.240. The van der Waals surface area contributed by atoms with E-state index in [2.05, 4.69) is 37.0 Å². The van der Waals surface area contributed by atoms with Gasteiger partial charge in [0.05, 0.1) is 21.9 Å². The van der Waals surface area contributed by atoms with Gasteiger partial charge in [0.1, 0.15) is 5.82 Å². The molecule has 2 aromatic heterocycles. The Balaban J connectivity index is 1.30. The van der Waals surface area contributed by atoms with Gasteiger partial charge in [-0.3, -0.25) is 0 Å². The van der Waals surface area contributed by atoms with Crippen LogP contribution in [0.4, 0.5) is 29.5 Å². The normalized spacial score (nSPS) is 11.5. The maximum absolute atomic E-state index is 12.8. The number of nitrogens with zero attached hydrogens (tertiary/aromatic N) is 3. The first-order valence-corrected chi connectivity index (χ1v) is 12.1. The topological polar surface area (TPSA) is 83.3 Å². The second kappa shape index (κ2) is 11.0. The first kappa shape index (κ1) is 25.5. The minimum Gasteiger partial charge on any atom is -0.370 e. The third kappa shape index (κ3) is 6.14. The van der Waals surface area contributed by atoms with Gasteiger partial charge >= 0.3 is 12.2 Å². The lowest BCUT2D eigenvalue weighted by Crippen LogP contribution is -2.29. The van der Waals surface area contributed by atoms with Crippen molar-refractivity contribution in [1.29, 1.82) is 0 Å². The fourth-order valence-electron chi connectivity index (χ4n) is 3.68. The predicted molar refractivity (Wildman–Crippen MR) is 137 cm³/mol. The molecule has 2 aromatic carbocycles. The summed E-state index contributed by atoms with van der Waals surface area (Å²) in [5, 5.41) is 12.9. The summed E-state index contributed by atoms with van der Waals surface area (Å²) >= 11 is 3.50. The Morgan fingerprint density at radius 2 is 1.83 bits per heavy atom. The van der Waals surface area contributed by atoms with Crippen LogP contribution in [0.15, 0.2) is 65.3 Å². The summed E-state index contributed by atoms with van der Waals surface area (Å²) in [6, 6.07) is 13.9. The Hall–Kier alpha value is -3.60. The van der Waals surface area contributed by atoms with Gasteiger partial charge in [-0.25, -0.2) is 9.78 Å². The maximum atomic E-state index is 12.8. The number of nitrogens with one attached hydrogen (secondary N) is 3. The standard InChI is InChI=1S/C25H24BrF3N6O/c1-16-7-2-3-10-19(16)21-14-22(35-23(34-21)20(26)15-32-35)30-11-4-5-12-31-24(36)33-18-9-6-8-17(13-18)25(27,28)29/h2-3,6-10,13-15,30H,4-5,11-12H2,1H3,(H2,31,33,36). The molecule has 36 heavy (non-hydrogen) atoms. The molecule has 0 bridgehead atoms. The van der Waals surface area contributed by atoms with E-state index in [4.69, 9.17) is 4.98 Å². The second-order valence-electron chi connectivity index (χ2n) is 8.16. The predicted octanol–water partition coefficient (Wildman–Crippen LogP) is 6.50. The lowest BCUT2D eigenvalue weighted by Gasteiger charge is -2.12. The second-order valence-corrected chi connectivity index (χ2v) is 9.02. The van der Waals surface area contributed by atoms with Gasteiger partial charge in [-0.15, -0.1) is 0 Å². The lowest BCUT2D eigenvalue weighted by molar-refractivity contribution is -0.137. The van der Waals surface area contributed by atoms with Crippen LogP contribution in [0.2, 0.25) is 0 Å². The number of carbonyl (C=O) groups excluding carboxylic acids is 1. The molecule has 11 heteroatoms. The van der Waals surface area contributed by atoms with Gasteiger partial charge in [0.25, 0.3) is 0 Å². The molecule has 0 aliphatic carbocycles. The number of urea groups is 1. The molecular weight excluding hydrogens is 537 g/mol. The number of hydrogen-bond acceptors (Lipinski definition) is 4. The highest BCUT2D eigenvalue weighted by Crippen LogP contribution is 2.31. The van der Waals surface area contributed by atoms with Crippen molar-refractivity contribution >= 4 is 39.1 Å². The van der Waals surface area contributed by atoms with Gasteiger partial charge < -0.3 is 16.0 Å². The Kier molecular flexibility index (Phi) is 7.78. The van der Waals surface area contributed by atoms with Crippen molar-refractivity contribution in [3.63, 3.8) is 0 Å². The summed E-state index contributed by atoms with van der Waals surface area (Å²) in [5.74, 6) is 0.791. The van der Waals surface area contributed by atoms with Crippen LogP contribution < -0.4 is 16.0 Å². The SMILES string of the molecule is Cc1ccccc1-c1cc(NCCCCNC(=O)Nc2cccc(C(F)(F)F)c2)n2ncc(Br)c2n1. The van der Waals surface area contributed by atoms with E-state index in [-0.39, 0.29) is 5.69 Å². The number of alkyl halides is 3. The minimum absolute atomic E-state index is 0.0838. The number of halogens is 4. The van der Waals surface area contributed by atoms with Crippen molar-refractivity contribution in [2.45, 2.75) is 25.9 Å². The molecule has 0 aliphatic heterocycles. The van der Waals surface area contributed by atoms with E-state index in [0.717, 1.165) is 45.7 Å². The number of hydrogen-bond donors (Lipinski definition) is 3. The average Bonchev–Trinajstić information content (AvgIpc) is 3.22. The smallest absolute Gasteiger partial charge is 0.370 e. The number of benzene rings is 2. The molecule has 0 spiro atoms. The van der Waals surface area contributed by atoms with Crippen LogP contribution in [0.3, 0.4) is 0 Å². The summed E-state index contributed by atoms with van der Waals surface area (Å²) in [4.78, 5) is 16.8. The average molecular weight is 561 g/mol. The first-order valence-electron chi connectivity index (χ1n) is 11.3. The van der Waals surface area contributed by atoms with Crippen LogP contribution in [0, 0.1) is 6.92 Å². The monoisotopic (exact) mass is 560 g/mol. The summed E-state index contributed by atoms with van der Waals surface area (Å²) < 4.78 is 41.0. The Bertz CT molecular complexity index is 1370. The van der Waals surface area contributed by atoms with Gasteiger partial charge in [0, 0.05) is 30.4 Å². The zero-order chi connectivity index (χ0) is 25.7. The van der Waals surface area contributed by atoms with E-state index < -0.39 is 17.8 Å². The molecule has 4 aromatic rings. The number of carbonyl (C=O) groups is 1. The van der Waals surface area contributed by atoms with Crippen molar-refractivity contribution in [1.82, 2.24) is 19.9 Å². The zero-order valence-electron chi connectivity index (χ0n) is 19.4. The number of anilines is 2. The van der Waals surface area contributed by atoms with Crippen LogP contribution in [-0.4, -0.2) is 33.7 Å². The van der Waals surface area contributed by atoms with Crippen molar-refractivity contribution in [3.05, 3.63) is 76.4 Å². The molecule has 0 atom stereocenters. The first-order chi connectivity index (χ1) is 17.2. The molecule has 2 heterocycles. The number of aromatic nitrogens is 3. The third-order valence-electron chi connectivity index (χ3n) is 5.49. The summed E-state index contributed by atoms with van der Waals surface area (Å²) in [6.07, 6.45) is -1.35. The zero-order valence-corrected chi connectivity index (χ0v) is 20.9. The van der Waals surface area contributed by atoms with E-state index in [0.29, 0.717) is 25.2 Å². The van der Waals surface area contributed by atoms with Gasteiger partial charge in [-0.2, -0.15) is 22.8 Å². The van der Waals surface area contributed by atoms with Crippen LogP contribution in [0.25, 0.3) is 16.9 Å². The molecule has 4 rings (SSSR count). The quantitative estimate of drug-likeness (QED) is 0.215. The van der Waals surface area contributed by atoms with E-state index in [9.17, 15) is 18.0 Å². The number of rotatable bonds is 8. The summed E-state index contributed by atoms with van der Waals surface area (Å²) in [5.41, 5.74) is 2.95. The molecule has 0 radical (unpaired) electrons. The Morgan fingerprint density at radius 1 is 1.06 bits per heavy atom. The highest BCUT2D eigenvalue weighted by molar-refractivity contribution is 9.10. The van der Waals surface area contributed by atoms with Crippen LogP contribution >= 0.6 is 15.9 Å². The molecule has 0 unspecified atom stereocenters. The molecule has 2 amide bonds. The van der Waals surface area contributed by atoms with Gasteiger partial charge in [-0.1, -0.05) is 30.3 Å². The molecule has 0 saturated carbocycles. The van der Waals surface area contributed by atoms with E-state index in [1.807, 2.05) is 37.3 Å². The van der Waals surface area contributed by atoms with Crippen molar-refractivity contribution in [3.8, 4) is 11.3 Å². The Labute approximate surface area is 214 Å². The van der Waals surface area contributed by atoms with E-state index in [1.54, 1.807) is 10.7 Å². The minimum atomic E-state index is -4.46. The number of unbranched alkanes of at least 4 members (excludes halogenated alkanes) is 1. The largest absolute Gasteiger partial charge is 0.416 e. The molecule has 0 aliphatic rings. The maximum Gasteiger partial charge on any atom is 0.416 e. The summed E-state index contributed by atoms with van der Waals surface area (Å²) in [7, 11) is 0. The van der Waals surface area contributed by atoms with E-state index in [1.165, 1.54) is 12.1 Å². The lowest BCUT2D eigenvalue weighted by atomic mass is 10.1. The van der Waals surface area contributed by atoms with Crippen molar-refractivity contribution in [2.24, 2.45) is 0 Å². The molecule has 3 N–H and O–H groups in total. The van der Waals surface area contributed by atoms with Crippen molar-refractivity contribution < 1.29 is 18.0 Å². The van der Waals surface area contributed by atoms with Crippen LogP contribution in [0.5, 0.6) is 0 Å². The third-order valence-corrected chi connectivity index (χ3v) is 6.05. The Morgan fingerprint density at radius 3 is 2.61 bits per heavy atom. The summed E-state index contributed by atoms with van der Waals surface area (Å²) in [6.45, 7) is 3.04. The molecule has 0 saturated heterocycles. The number of fused-ring (bicyclic) bond motifs is 1. The number of aryl methyl sites for hydroxylation is 1. The highest BCUT2D eigenvalue weighted by atomic mass is 79.9. The fourth-order valence-corrected chi connectivity index (χ4v) is 4.03. The van der Waals surface area contributed by atoms with Crippen LogP contribution in [-0.2, 0) is 6.18 Å². The van der Waals surface area contributed by atoms with Gasteiger partial charge in [-0.05, 0) is 59.5 Å². The van der Waals surface area contributed by atoms with Gasteiger partial charge in [0.15, 0.2) is 5.65 Å². The molecular formula is C25H24BrF3N6O. The number of amides is 2. The van der Waals surface area contributed by atoms with E-state index >= 15 is 0 Å². The van der Waals surface area contributed by atoms with Crippen molar-refractivity contribution in [2.75, 3.05) is 23.7 Å². The van der Waals surface area contributed by atoms with Gasteiger partial charge in [0.2, 0.25) is 0 Å². The van der Waals surface area contributed by atoms with Crippen LogP contribution in [0.1, 0.15) is 24.0 Å². The molecule has 7 nitrogen and oxygen atoms in total. The molecule has 188 valence electrons. The highest BCUT2D eigenvalue weighted by Gasteiger charge is 2.30. The molecule has 0 fully saturated rings.